The molecule has 0 aliphatic heterocycles. The maximum absolute atomic E-state index is 13.0. The van der Waals surface area contributed by atoms with Gasteiger partial charge in [-0.1, -0.05) is 19.1 Å². The highest BCUT2D eigenvalue weighted by Crippen LogP contribution is 2.19. The van der Waals surface area contributed by atoms with Crippen molar-refractivity contribution in [2.75, 3.05) is 0 Å². The summed E-state index contributed by atoms with van der Waals surface area (Å²) < 4.78 is 14.7. The summed E-state index contributed by atoms with van der Waals surface area (Å²) in [4.78, 5) is 12.4. The van der Waals surface area contributed by atoms with Crippen molar-refractivity contribution in [2.24, 2.45) is 7.05 Å². The molecule has 2 aromatic heterocycles. The molecule has 0 radical (unpaired) electrons. The molecule has 1 unspecified atom stereocenters. The maximum atomic E-state index is 13.0. The second-order valence-corrected chi connectivity index (χ2v) is 5.56. The van der Waals surface area contributed by atoms with Gasteiger partial charge in [0.15, 0.2) is 0 Å². The average Bonchev–Trinajstić information content (AvgIpc) is 3.22. The van der Waals surface area contributed by atoms with Crippen LogP contribution in [-0.4, -0.2) is 25.9 Å². The fourth-order valence-corrected chi connectivity index (χ4v) is 2.49. The normalized spacial score (nSPS) is 12.1. The van der Waals surface area contributed by atoms with Gasteiger partial charge in [0.25, 0.3) is 5.91 Å². The van der Waals surface area contributed by atoms with E-state index in [2.05, 4.69) is 20.6 Å². The van der Waals surface area contributed by atoms with Crippen LogP contribution in [0.5, 0.6) is 0 Å². The standard InChI is InChI=1S/C17H18FN5O/c1-3-14(11-4-6-13(18)7-5-11)20-17(24)16-8-15(21-22-16)12-9-19-23(2)10-12/h4-10,14H,3H2,1-2H3,(H,20,24)(H,21,22). The third-order valence-corrected chi connectivity index (χ3v) is 3.81. The zero-order valence-electron chi connectivity index (χ0n) is 13.5. The van der Waals surface area contributed by atoms with Crippen LogP contribution in [0.2, 0.25) is 0 Å². The molecule has 24 heavy (non-hydrogen) atoms. The van der Waals surface area contributed by atoms with E-state index in [1.54, 1.807) is 29.1 Å². The van der Waals surface area contributed by atoms with E-state index in [1.165, 1.54) is 12.1 Å². The van der Waals surface area contributed by atoms with Crippen molar-refractivity contribution in [3.05, 3.63) is 59.8 Å². The summed E-state index contributed by atoms with van der Waals surface area (Å²) in [6, 6.07) is 7.63. The smallest absolute Gasteiger partial charge is 0.269 e. The number of carbonyl (C=O) groups is 1. The molecule has 2 N–H and O–H groups in total. The number of H-pyrrole nitrogens is 1. The topological polar surface area (TPSA) is 75.6 Å². The zero-order chi connectivity index (χ0) is 17.1. The van der Waals surface area contributed by atoms with Crippen LogP contribution in [-0.2, 0) is 7.05 Å². The Labute approximate surface area is 138 Å². The molecule has 6 nitrogen and oxygen atoms in total. The van der Waals surface area contributed by atoms with E-state index in [0.717, 1.165) is 11.1 Å². The third-order valence-electron chi connectivity index (χ3n) is 3.81. The first-order chi connectivity index (χ1) is 11.6. The van der Waals surface area contributed by atoms with Crippen LogP contribution in [0.25, 0.3) is 11.3 Å². The maximum Gasteiger partial charge on any atom is 0.269 e. The van der Waals surface area contributed by atoms with Gasteiger partial charge in [0.1, 0.15) is 11.5 Å². The molecular formula is C17H18FN5O. The average molecular weight is 327 g/mol. The number of hydrogen-bond acceptors (Lipinski definition) is 3. The van der Waals surface area contributed by atoms with Crippen LogP contribution in [0.15, 0.2) is 42.7 Å². The summed E-state index contributed by atoms with van der Waals surface area (Å²) in [5, 5.41) is 13.9. The quantitative estimate of drug-likeness (QED) is 0.756. The van der Waals surface area contributed by atoms with Crippen LogP contribution >= 0.6 is 0 Å². The fraction of sp³-hybridized carbons (Fsp3) is 0.235. The lowest BCUT2D eigenvalue weighted by atomic mass is 10.0. The van der Waals surface area contributed by atoms with Crippen LogP contribution in [0, 0.1) is 5.82 Å². The van der Waals surface area contributed by atoms with Gasteiger partial charge < -0.3 is 5.32 Å². The van der Waals surface area contributed by atoms with Gasteiger partial charge in [-0.25, -0.2) is 4.39 Å². The number of carbonyl (C=O) groups excluding carboxylic acids is 1. The summed E-state index contributed by atoms with van der Waals surface area (Å²) in [5.74, 6) is -0.552. The van der Waals surface area contributed by atoms with E-state index < -0.39 is 0 Å². The number of hydrogen-bond donors (Lipinski definition) is 2. The molecule has 124 valence electrons. The van der Waals surface area contributed by atoms with E-state index >= 15 is 0 Å². The molecule has 3 rings (SSSR count). The lowest BCUT2D eigenvalue weighted by Crippen LogP contribution is -2.28. The fourth-order valence-electron chi connectivity index (χ4n) is 2.49. The van der Waals surface area contributed by atoms with Crippen LogP contribution < -0.4 is 5.32 Å². The first kappa shape index (κ1) is 15.9. The minimum absolute atomic E-state index is 0.191. The number of aromatic nitrogens is 4. The minimum Gasteiger partial charge on any atom is -0.344 e. The highest BCUT2D eigenvalue weighted by molar-refractivity contribution is 5.93. The minimum atomic E-state index is -0.297. The molecule has 3 aromatic rings. The lowest BCUT2D eigenvalue weighted by Gasteiger charge is -2.16. The van der Waals surface area contributed by atoms with Gasteiger partial charge >= 0.3 is 0 Å². The second-order valence-electron chi connectivity index (χ2n) is 5.56. The van der Waals surface area contributed by atoms with E-state index in [0.29, 0.717) is 17.8 Å². The monoisotopic (exact) mass is 327 g/mol. The molecule has 0 spiro atoms. The molecule has 0 fully saturated rings. The lowest BCUT2D eigenvalue weighted by molar-refractivity contribution is 0.0930. The molecule has 1 amide bonds. The Morgan fingerprint density at radius 2 is 2.12 bits per heavy atom. The highest BCUT2D eigenvalue weighted by atomic mass is 19.1. The highest BCUT2D eigenvalue weighted by Gasteiger charge is 2.17. The predicted octanol–water partition coefficient (Wildman–Crippen LogP) is 2.83. The molecule has 0 aliphatic carbocycles. The Balaban J connectivity index is 1.74. The first-order valence-electron chi connectivity index (χ1n) is 7.67. The van der Waals surface area contributed by atoms with Crippen LogP contribution in [0.3, 0.4) is 0 Å². The molecule has 1 atom stereocenters. The molecule has 0 saturated carbocycles. The number of halogens is 1. The summed E-state index contributed by atoms with van der Waals surface area (Å²) in [5.41, 5.74) is 2.72. The number of aryl methyl sites for hydroxylation is 1. The van der Waals surface area contributed by atoms with Crippen LogP contribution in [0.4, 0.5) is 4.39 Å². The second kappa shape index (κ2) is 6.66. The number of amides is 1. The summed E-state index contributed by atoms with van der Waals surface area (Å²) >= 11 is 0. The van der Waals surface area contributed by atoms with Crippen molar-refractivity contribution in [2.45, 2.75) is 19.4 Å². The van der Waals surface area contributed by atoms with E-state index in [9.17, 15) is 9.18 Å². The van der Waals surface area contributed by atoms with Crippen molar-refractivity contribution in [3.63, 3.8) is 0 Å². The van der Waals surface area contributed by atoms with E-state index in [4.69, 9.17) is 0 Å². The molecule has 0 aliphatic rings. The van der Waals surface area contributed by atoms with Crippen molar-refractivity contribution < 1.29 is 9.18 Å². The zero-order valence-corrected chi connectivity index (χ0v) is 13.5. The van der Waals surface area contributed by atoms with Crippen molar-refractivity contribution in [1.82, 2.24) is 25.3 Å². The van der Waals surface area contributed by atoms with Gasteiger partial charge in [0.2, 0.25) is 0 Å². The van der Waals surface area contributed by atoms with Crippen LogP contribution in [0.1, 0.15) is 35.4 Å². The molecule has 2 heterocycles. The molecular weight excluding hydrogens is 309 g/mol. The van der Waals surface area contributed by atoms with Gasteiger partial charge in [0.05, 0.1) is 17.9 Å². The Morgan fingerprint density at radius 1 is 1.38 bits per heavy atom. The summed E-state index contributed by atoms with van der Waals surface area (Å²) in [7, 11) is 1.82. The molecule has 1 aromatic carbocycles. The summed E-state index contributed by atoms with van der Waals surface area (Å²) in [6.45, 7) is 1.96. The first-order valence-corrected chi connectivity index (χ1v) is 7.67. The van der Waals surface area contributed by atoms with Crippen molar-refractivity contribution >= 4 is 5.91 Å². The Morgan fingerprint density at radius 3 is 2.75 bits per heavy atom. The number of nitrogens with one attached hydrogen (secondary N) is 2. The molecule has 7 heteroatoms. The van der Waals surface area contributed by atoms with Gasteiger partial charge in [-0.15, -0.1) is 0 Å². The van der Waals surface area contributed by atoms with E-state index in [1.807, 2.05) is 20.2 Å². The predicted molar refractivity (Wildman–Crippen MR) is 87.7 cm³/mol. The largest absolute Gasteiger partial charge is 0.344 e. The van der Waals surface area contributed by atoms with Gasteiger partial charge in [-0.3, -0.25) is 14.6 Å². The number of benzene rings is 1. The molecule has 0 bridgehead atoms. The summed E-state index contributed by atoms with van der Waals surface area (Å²) in [6.07, 6.45) is 4.21. The number of rotatable bonds is 5. The Bertz CT molecular complexity index is 837. The Hall–Kier alpha value is -2.96. The van der Waals surface area contributed by atoms with E-state index in [-0.39, 0.29) is 17.8 Å². The van der Waals surface area contributed by atoms with Gasteiger partial charge in [-0.2, -0.15) is 10.2 Å². The van der Waals surface area contributed by atoms with Crippen molar-refractivity contribution in [3.8, 4) is 11.3 Å². The number of aromatic amines is 1. The molecule has 0 saturated heterocycles. The van der Waals surface area contributed by atoms with Crippen molar-refractivity contribution in [1.29, 1.82) is 0 Å². The van der Waals surface area contributed by atoms with Gasteiger partial charge in [-0.05, 0) is 30.2 Å². The number of nitrogens with zero attached hydrogens (tertiary/aromatic N) is 3. The SMILES string of the molecule is CCC(NC(=O)c1cc(-c2cnn(C)c2)n[nH]1)c1ccc(F)cc1. The Kier molecular flexibility index (Phi) is 4.41. The third kappa shape index (κ3) is 3.34. The van der Waals surface area contributed by atoms with Gasteiger partial charge in [0, 0.05) is 18.8 Å².